The number of hydrogen-bond acceptors (Lipinski definition) is 7. The molecule has 0 unspecified atom stereocenters. The first-order valence-electron chi connectivity index (χ1n) is 6.55. The van der Waals surface area contributed by atoms with Crippen molar-refractivity contribution in [2.75, 3.05) is 24.2 Å². The molecule has 0 fully saturated rings. The van der Waals surface area contributed by atoms with Gasteiger partial charge < -0.3 is 16.0 Å². The van der Waals surface area contributed by atoms with Crippen molar-refractivity contribution in [2.45, 2.75) is 26.3 Å². The number of aromatic nitrogens is 2. The number of hydrogen-bond donors (Lipinski definition) is 2. The number of rotatable bonds is 5. The summed E-state index contributed by atoms with van der Waals surface area (Å²) in [6, 6.07) is 0. The van der Waals surface area contributed by atoms with E-state index in [1.807, 2.05) is 38.1 Å². The molecule has 0 bridgehead atoms. The van der Waals surface area contributed by atoms with E-state index in [2.05, 4.69) is 15.3 Å². The second kappa shape index (κ2) is 5.98. The Hall–Kier alpha value is -1.67. The fraction of sp³-hybridized carbons (Fsp3) is 0.462. The van der Waals surface area contributed by atoms with Crippen LogP contribution in [0.25, 0.3) is 0 Å². The van der Waals surface area contributed by atoms with Crippen LogP contribution >= 0.6 is 22.7 Å². The Labute approximate surface area is 132 Å². The van der Waals surface area contributed by atoms with Gasteiger partial charge >= 0.3 is 0 Å². The highest BCUT2D eigenvalue weighted by Gasteiger charge is 2.28. The highest BCUT2D eigenvalue weighted by Crippen LogP contribution is 2.29. The quantitative estimate of drug-likeness (QED) is 0.881. The molecular formula is C13H19N5OS2. The van der Waals surface area contributed by atoms with E-state index in [1.165, 1.54) is 22.7 Å². The average molecular weight is 325 g/mol. The van der Waals surface area contributed by atoms with E-state index in [4.69, 9.17) is 5.73 Å². The molecule has 2 heterocycles. The predicted molar refractivity (Wildman–Crippen MR) is 88.1 cm³/mol. The second-order valence-electron chi connectivity index (χ2n) is 5.14. The minimum atomic E-state index is -0.543. The molecule has 8 heteroatoms. The summed E-state index contributed by atoms with van der Waals surface area (Å²) in [7, 11) is 1.92. The van der Waals surface area contributed by atoms with Gasteiger partial charge in [0.25, 0.3) is 5.91 Å². The molecular weight excluding hydrogens is 306 g/mol. The summed E-state index contributed by atoms with van der Waals surface area (Å²) in [5, 5.41) is 6.45. The van der Waals surface area contributed by atoms with Gasteiger partial charge in [0.05, 0.1) is 5.54 Å². The first-order valence-corrected chi connectivity index (χ1v) is 8.24. The third-order valence-electron chi connectivity index (χ3n) is 3.04. The first-order chi connectivity index (χ1) is 9.85. The summed E-state index contributed by atoms with van der Waals surface area (Å²) < 4.78 is 0. The number of nitrogens with two attached hydrogens (primary N) is 1. The molecule has 0 aliphatic rings. The van der Waals surface area contributed by atoms with Crippen molar-refractivity contribution >= 4 is 39.5 Å². The van der Waals surface area contributed by atoms with Crippen molar-refractivity contribution < 1.29 is 4.79 Å². The Kier molecular flexibility index (Phi) is 4.48. The highest BCUT2D eigenvalue weighted by atomic mass is 32.1. The van der Waals surface area contributed by atoms with Gasteiger partial charge in [0.15, 0.2) is 5.13 Å². The maximum Gasteiger partial charge on any atom is 0.266 e. The molecule has 114 valence electrons. The molecule has 3 N–H and O–H groups in total. The normalized spacial score (nSPS) is 11.4. The van der Waals surface area contributed by atoms with Crippen LogP contribution in [0.5, 0.6) is 0 Å². The number of nitrogens with one attached hydrogen (secondary N) is 1. The largest absolute Gasteiger partial charge is 0.382 e. The summed E-state index contributed by atoms with van der Waals surface area (Å²) in [4.78, 5) is 23.3. The van der Waals surface area contributed by atoms with Crippen molar-refractivity contribution in [3.63, 3.8) is 0 Å². The van der Waals surface area contributed by atoms with Gasteiger partial charge in [0.1, 0.15) is 15.7 Å². The minimum absolute atomic E-state index is 0.221. The fourth-order valence-corrected chi connectivity index (χ4v) is 3.33. The van der Waals surface area contributed by atoms with Crippen LogP contribution in [0.1, 0.15) is 35.5 Å². The Balaban J connectivity index is 2.19. The van der Waals surface area contributed by atoms with Crippen LogP contribution in [0.2, 0.25) is 0 Å². The summed E-state index contributed by atoms with van der Waals surface area (Å²) in [6.45, 7) is 6.65. The van der Waals surface area contributed by atoms with Crippen LogP contribution in [0.15, 0.2) is 11.6 Å². The molecule has 0 aliphatic heterocycles. The highest BCUT2D eigenvalue weighted by molar-refractivity contribution is 7.18. The first kappa shape index (κ1) is 15.7. The zero-order valence-electron chi connectivity index (χ0n) is 12.5. The van der Waals surface area contributed by atoms with E-state index in [-0.39, 0.29) is 11.7 Å². The lowest BCUT2D eigenvalue weighted by Gasteiger charge is -2.23. The Morgan fingerprint density at radius 3 is 2.81 bits per heavy atom. The monoisotopic (exact) mass is 325 g/mol. The third kappa shape index (κ3) is 3.33. The molecule has 2 rings (SSSR count). The SMILES string of the molecule is CCN(C)c1nc(N)c(C(=O)NC(C)(C)c2nccs2)s1. The molecule has 6 nitrogen and oxygen atoms in total. The van der Waals surface area contributed by atoms with Crippen molar-refractivity contribution in [3.05, 3.63) is 21.5 Å². The summed E-state index contributed by atoms with van der Waals surface area (Å²) in [5.74, 6) is 0.0451. The van der Waals surface area contributed by atoms with Crippen LogP contribution in [0, 0.1) is 0 Å². The maximum atomic E-state index is 12.4. The van der Waals surface area contributed by atoms with E-state index in [1.54, 1.807) is 6.20 Å². The number of anilines is 2. The number of thiazole rings is 2. The molecule has 2 aromatic heterocycles. The fourth-order valence-electron chi connectivity index (χ4n) is 1.71. The molecule has 0 saturated heterocycles. The maximum absolute atomic E-state index is 12.4. The van der Waals surface area contributed by atoms with E-state index >= 15 is 0 Å². The molecule has 0 radical (unpaired) electrons. The lowest BCUT2D eigenvalue weighted by atomic mass is 10.1. The summed E-state index contributed by atoms with van der Waals surface area (Å²) in [5.41, 5.74) is 5.33. The van der Waals surface area contributed by atoms with Gasteiger partial charge in [-0.05, 0) is 20.8 Å². The summed E-state index contributed by atoms with van der Waals surface area (Å²) >= 11 is 2.81. The van der Waals surface area contributed by atoms with Crippen LogP contribution in [0.3, 0.4) is 0 Å². The minimum Gasteiger partial charge on any atom is -0.382 e. The third-order valence-corrected chi connectivity index (χ3v) is 5.32. The second-order valence-corrected chi connectivity index (χ2v) is 7.01. The van der Waals surface area contributed by atoms with Gasteiger partial charge in [-0.2, -0.15) is 0 Å². The molecule has 0 aliphatic carbocycles. The van der Waals surface area contributed by atoms with E-state index in [0.29, 0.717) is 4.88 Å². The van der Waals surface area contributed by atoms with Crippen LogP contribution in [0.4, 0.5) is 10.9 Å². The van der Waals surface area contributed by atoms with E-state index < -0.39 is 5.54 Å². The lowest BCUT2D eigenvalue weighted by molar-refractivity contribution is 0.0917. The van der Waals surface area contributed by atoms with Crippen molar-refractivity contribution in [3.8, 4) is 0 Å². The van der Waals surface area contributed by atoms with Gasteiger partial charge in [-0.25, -0.2) is 9.97 Å². The summed E-state index contributed by atoms with van der Waals surface area (Å²) in [6.07, 6.45) is 1.73. The number of nitrogens with zero attached hydrogens (tertiary/aromatic N) is 3. The van der Waals surface area contributed by atoms with E-state index in [0.717, 1.165) is 16.7 Å². The number of amides is 1. The average Bonchev–Trinajstić information content (AvgIpc) is 3.06. The zero-order chi connectivity index (χ0) is 15.6. The smallest absolute Gasteiger partial charge is 0.266 e. The number of nitrogen functional groups attached to an aromatic ring is 1. The zero-order valence-corrected chi connectivity index (χ0v) is 14.1. The Morgan fingerprint density at radius 1 is 1.52 bits per heavy atom. The predicted octanol–water partition coefficient (Wildman–Crippen LogP) is 2.30. The van der Waals surface area contributed by atoms with Gasteiger partial charge in [-0.15, -0.1) is 11.3 Å². The van der Waals surface area contributed by atoms with Gasteiger partial charge in [0, 0.05) is 25.2 Å². The Morgan fingerprint density at radius 2 is 2.24 bits per heavy atom. The molecule has 0 saturated carbocycles. The van der Waals surface area contributed by atoms with Gasteiger partial charge in [0.2, 0.25) is 0 Å². The van der Waals surface area contributed by atoms with Gasteiger partial charge in [-0.3, -0.25) is 4.79 Å². The van der Waals surface area contributed by atoms with Crippen LogP contribution in [-0.4, -0.2) is 29.5 Å². The van der Waals surface area contributed by atoms with Gasteiger partial charge in [-0.1, -0.05) is 11.3 Å². The molecule has 0 spiro atoms. The molecule has 2 aromatic rings. The number of carbonyl (C=O) groups excluding carboxylic acids is 1. The molecule has 0 atom stereocenters. The standard InChI is InChI=1S/C13H19N5OS2/c1-5-18(4)12-16-9(14)8(21-12)10(19)17-13(2,3)11-15-6-7-20-11/h6-7H,5,14H2,1-4H3,(H,17,19). The van der Waals surface area contributed by atoms with Crippen molar-refractivity contribution in [1.29, 1.82) is 0 Å². The lowest BCUT2D eigenvalue weighted by Crippen LogP contribution is -2.40. The van der Waals surface area contributed by atoms with Crippen LogP contribution in [-0.2, 0) is 5.54 Å². The topological polar surface area (TPSA) is 84.1 Å². The van der Waals surface area contributed by atoms with Crippen LogP contribution < -0.4 is 16.0 Å². The van der Waals surface area contributed by atoms with Crippen molar-refractivity contribution in [1.82, 2.24) is 15.3 Å². The number of carbonyl (C=O) groups is 1. The molecule has 0 aromatic carbocycles. The van der Waals surface area contributed by atoms with Crippen molar-refractivity contribution in [2.24, 2.45) is 0 Å². The Bertz CT molecular complexity index is 621. The van der Waals surface area contributed by atoms with E-state index in [9.17, 15) is 4.79 Å². The molecule has 21 heavy (non-hydrogen) atoms. The molecule has 1 amide bonds.